The molecule has 0 fully saturated rings. The predicted molar refractivity (Wildman–Crippen MR) is 66.1 cm³/mol. The third kappa shape index (κ3) is 4.60. The highest BCUT2D eigenvalue weighted by molar-refractivity contribution is 6.33. The number of amides is 1. The highest BCUT2D eigenvalue weighted by Crippen LogP contribution is 2.19. The summed E-state index contributed by atoms with van der Waals surface area (Å²) in [5.41, 5.74) is 6.41. The minimum Gasteiger partial charge on any atom is -0.398 e. The van der Waals surface area contributed by atoms with Crippen molar-refractivity contribution in [2.24, 2.45) is 0 Å². The summed E-state index contributed by atoms with van der Waals surface area (Å²) in [4.78, 5) is 11.6. The van der Waals surface area contributed by atoms with Gasteiger partial charge in [-0.1, -0.05) is 11.6 Å². The summed E-state index contributed by atoms with van der Waals surface area (Å²) >= 11 is 5.75. The molecular formula is C11H15ClN2O3. The molecule has 0 spiro atoms. The normalized spacial score (nSPS) is 10.2. The number of ether oxygens (including phenoxy) is 1. The molecule has 0 aliphatic carbocycles. The quantitative estimate of drug-likeness (QED) is 0.517. The maximum Gasteiger partial charge on any atom is 0.251 e. The van der Waals surface area contributed by atoms with Crippen LogP contribution in [0.5, 0.6) is 0 Å². The van der Waals surface area contributed by atoms with Gasteiger partial charge in [-0.3, -0.25) is 4.79 Å². The number of nitrogen functional groups attached to an aromatic ring is 1. The monoisotopic (exact) mass is 258 g/mol. The highest BCUT2D eigenvalue weighted by atomic mass is 35.5. The van der Waals surface area contributed by atoms with Crippen LogP contribution in [0, 0.1) is 0 Å². The zero-order chi connectivity index (χ0) is 12.7. The van der Waals surface area contributed by atoms with Crippen molar-refractivity contribution >= 4 is 23.2 Å². The fourth-order valence-electron chi connectivity index (χ4n) is 1.19. The van der Waals surface area contributed by atoms with Crippen molar-refractivity contribution in [1.29, 1.82) is 0 Å². The third-order valence-corrected chi connectivity index (χ3v) is 2.37. The Bertz CT molecular complexity index is 385. The van der Waals surface area contributed by atoms with Gasteiger partial charge in [0, 0.05) is 12.1 Å². The molecule has 0 aromatic heterocycles. The first-order valence-corrected chi connectivity index (χ1v) is 5.54. The van der Waals surface area contributed by atoms with Crippen molar-refractivity contribution in [1.82, 2.24) is 5.32 Å². The molecule has 0 radical (unpaired) electrons. The van der Waals surface area contributed by atoms with Crippen LogP contribution in [0.3, 0.4) is 0 Å². The van der Waals surface area contributed by atoms with Crippen LogP contribution >= 0.6 is 11.6 Å². The molecule has 0 atom stereocenters. The Kier molecular flexibility index (Phi) is 5.76. The van der Waals surface area contributed by atoms with Gasteiger partial charge in [-0.2, -0.15) is 0 Å². The number of aliphatic hydroxyl groups excluding tert-OH is 1. The van der Waals surface area contributed by atoms with Gasteiger partial charge in [0.05, 0.1) is 30.5 Å². The number of hydrogen-bond donors (Lipinski definition) is 3. The van der Waals surface area contributed by atoms with Crippen LogP contribution in [0.15, 0.2) is 18.2 Å². The van der Waals surface area contributed by atoms with E-state index in [0.29, 0.717) is 29.4 Å². The van der Waals surface area contributed by atoms with Crippen LogP contribution in [0.4, 0.5) is 5.69 Å². The summed E-state index contributed by atoms with van der Waals surface area (Å²) in [6.45, 7) is 0.974. The lowest BCUT2D eigenvalue weighted by atomic mass is 10.2. The Morgan fingerprint density at radius 3 is 2.88 bits per heavy atom. The van der Waals surface area contributed by atoms with E-state index in [-0.39, 0.29) is 19.1 Å². The zero-order valence-corrected chi connectivity index (χ0v) is 10.0. The Labute approximate surface area is 105 Å². The largest absolute Gasteiger partial charge is 0.398 e. The Morgan fingerprint density at radius 1 is 1.47 bits per heavy atom. The van der Waals surface area contributed by atoms with E-state index >= 15 is 0 Å². The number of carbonyl (C=O) groups is 1. The van der Waals surface area contributed by atoms with E-state index in [1.54, 1.807) is 12.1 Å². The molecule has 0 saturated heterocycles. The van der Waals surface area contributed by atoms with E-state index in [9.17, 15) is 4.79 Å². The van der Waals surface area contributed by atoms with Gasteiger partial charge in [-0.05, 0) is 18.2 Å². The molecule has 1 rings (SSSR count). The van der Waals surface area contributed by atoms with Crippen molar-refractivity contribution in [2.75, 3.05) is 32.1 Å². The lowest BCUT2D eigenvalue weighted by Gasteiger charge is -2.06. The van der Waals surface area contributed by atoms with Crippen molar-refractivity contribution in [3.05, 3.63) is 28.8 Å². The molecule has 94 valence electrons. The molecule has 4 N–H and O–H groups in total. The second kappa shape index (κ2) is 7.11. The second-order valence-corrected chi connectivity index (χ2v) is 3.74. The summed E-state index contributed by atoms with van der Waals surface area (Å²) in [6, 6.07) is 4.70. The number of rotatable bonds is 6. The molecule has 1 aromatic rings. The number of halogens is 1. The molecule has 0 aliphatic heterocycles. The SMILES string of the molecule is Nc1cc(C(=O)NCCOCCO)ccc1Cl. The molecule has 0 bridgehead atoms. The van der Waals surface area contributed by atoms with E-state index in [1.807, 2.05) is 0 Å². The van der Waals surface area contributed by atoms with E-state index in [4.69, 9.17) is 27.2 Å². The van der Waals surface area contributed by atoms with Crippen LogP contribution in [0.1, 0.15) is 10.4 Å². The molecule has 0 aliphatic rings. The zero-order valence-electron chi connectivity index (χ0n) is 9.28. The number of benzene rings is 1. The van der Waals surface area contributed by atoms with Gasteiger partial charge < -0.3 is 20.9 Å². The predicted octanol–water partition coefficient (Wildman–Crippen LogP) is 0.661. The second-order valence-electron chi connectivity index (χ2n) is 3.33. The third-order valence-electron chi connectivity index (χ3n) is 2.03. The molecule has 5 nitrogen and oxygen atoms in total. The number of nitrogens with two attached hydrogens (primary N) is 1. The van der Waals surface area contributed by atoms with Crippen molar-refractivity contribution in [3.8, 4) is 0 Å². The number of carbonyl (C=O) groups excluding carboxylic acids is 1. The molecule has 17 heavy (non-hydrogen) atoms. The van der Waals surface area contributed by atoms with Gasteiger partial charge in [-0.25, -0.2) is 0 Å². The van der Waals surface area contributed by atoms with Gasteiger partial charge in [0.2, 0.25) is 0 Å². The van der Waals surface area contributed by atoms with Crippen molar-refractivity contribution in [2.45, 2.75) is 0 Å². The summed E-state index contributed by atoms with van der Waals surface area (Å²) in [7, 11) is 0. The van der Waals surface area contributed by atoms with Crippen LogP contribution < -0.4 is 11.1 Å². The van der Waals surface area contributed by atoms with E-state index in [0.717, 1.165) is 0 Å². The Balaban J connectivity index is 2.39. The number of aliphatic hydroxyl groups is 1. The number of hydrogen-bond acceptors (Lipinski definition) is 4. The molecule has 0 heterocycles. The summed E-state index contributed by atoms with van der Waals surface area (Å²) < 4.78 is 5.00. The average molecular weight is 259 g/mol. The Morgan fingerprint density at radius 2 is 2.24 bits per heavy atom. The number of nitrogens with one attached hydrogen (secondary N) is 1. The minimum atomic E-state index is -0.235. The summed E-state index contributed by atoms with van der Waals surface area (Å²) in [6.07, 6.45) is 0. The van der Waals surface area contributed by atoms with Gasteiger partial charge in [0.15, 0.2) is 0 Å². The van der Waals surface area contributed by atoms with Gasteiger partial charge in [-0.15, -0.1) is 0 Å². The van der Waals surface area contributed by atoms with Crippen molar-refractivity contribution in [3.63, 3.8) is 0 Å². The molecule has 0 saturated carbocycles. The van der Waals surface area contributed by atoms with Crippen molar-refractivity contribution < 1.29 is 14.6 Å². The number of anilines is 1. The van der Waals surface area contributed by atoms with E-state index < -0.39 is 0 Å². The summed E-state index contributed by atoms with van der Waals surface area (Å²) in [5.74, 6) is -0.235. The Hall–Kier alpha value is -1.30. The van der Waals surface area contributed by atoms with Crippen LogP contribution in [-0.2, 0) is 4.74 Å². The first kappa shape index (κ1) is 13.8. The first-order valence-electron chi connectivity index (χ1n) is 5.17. The van der Waals surface area contributed by atoms with Gasteiger partial charge >= 0.3 is 0 Å². The maximum absolute atomic E-state index is 11.6. The van der Waals surface area contributed by atoms with Gasteiger partial charge in [0.1, 0.15) is 0 Å². The summed E-state index contributed by atoms with van der Waals surface area (Å²) in [5, 5.41) is 11.6. The fourth-order valence-corrected chi connectivity index (χ4v) is 1.31. The van der Waals surface area contributed by atoms with Gasteiger partial charge in [0.25, 0.3) is 5.91 Å². The first-order chi connectivity index (χ1) is 8.15. The molecule has 0 unspecified atom stereocenters. The van der Waals surface area contributed by atoms with Crippen LogP contribution in [0.25, 0.3) is 0 Å². The van der Waals surface area contributed by atoms with E-state index in [1.165, 1.54) is 6.07 Å². The fraction of sp³-hybridized carbons (Fsp3) is 0.364. The minimum absolute atomic E-state index is 0.0261. The molecular weight excluding hydrogens is 244 g/mol. The van der Waals surface area contributed by atoms with Crippen LogP contribution in [-0.4, -0.2) is 37.4 Å². The average Bonchev–Trinajstić information content (AvgIpc) is 2.32. The smallest absolute Gasteiger partial charge is 0.251 e. The molecule has 1 amide bonds. The molecule has 1 aromatic carbocycles. The van der Waals surface area contributed by atoms with Crippen LogP contribution in [0.2, 0.25) is 5.02 Å². The lowest BCUT2D eigenvalue weighted by Crippen LogP contribution is -2.27. The molecule has 6 heteroatoms. The maximum atomic E-state index is 11.6. The standard InChI is InChI=1S/C11H15ClN2O3/c12-9-2-1-8(7-10(9)13)11(16)14-3-5-17-6-4-15/h1-2,7,15H,3-6,13H2,(H,14,16). The lowest BCUT2D eigenvalue weighted by molar-refractivity contribution is 0.0838. The van der Waals surface area contributed by atoms with E-state index in [2.05, 4.69) is 5.32 Å². The highest BCUT2D eigenvalue weighted by Gasteiger charge is 2.06. The topological polar surface area (TPSA) is 84.6 Å².